The van der Waals surface area contributed by atoms with E-state index in [1.165, 1.54) is 6.42 Å². The van der Waals surface area contributed by atoms with Crippen molar-refractivity contribution in [3.05, 3.63) is 48.5 Å². The number of likely N-dealkylation sites (N-methyl/N-ethyl adjacent to an activating group) is 1. The Morgan fingerprint density at radius 1 is 1.03 bits per heavy atom. The third-order valence-electron chi connectivity index (χ3n) is 7.19. The highest BCUT2D eigenvalue weighted by Crippen LogP contribution is 2.36. The van der Waals surface area contributed by atoms with E-state index in [2.05, 4.69) is 26.7 Å². The lowest BCUT2D eigenvalue weighted by molar-refractivity contribution is -0.139. The molecule has 0 radical (unpaired) electrons. The molecule has 2 N–H and O–H groups in total. The molecular formula is C26H35N5O2. The van der Waals surface area contributed by atoms with Crippen LogP contribution in [0.1, 0.15) is 63.5 Å². The van der Waals surface area contributed by atoms with Gasteiger partial charge < -0.3 is 15.5 Å². The summed E-state index contributed by atoms with van der Waals surface area (Å²) in [7, 11) is 1.76. The topological polar surface area (TPSA) is 87.2 Å². The van der Waals surface area contributed by atoms with Gasteiger partial charge in [0.05, 0.1) is 12.1 Å². The SMILES string of the molecule is CNC(C)C(=O)NC(C(=O)N1CCCC1c1cncc(-c2cccnc2)c1)C1CCCCC1. The summed E-state index contributed by atoms with van der Waals surface area (Å²) in [4.78, 5) is 37.3. The van der Waals surface area contributed by atoms with Gasteiger partial charge in [-0.2, -0.15) is 0 Å². The molecule has 2 aliphatic rings. The molecule has 3 unspecified atom stereocenters. The highest BCUT2D eigenvalue weighted by molar-refractivity contribution is 5.90. The van der Waals surface area contributed by atoms with Gasteiger partial charge in [0.2, 0.25) is 11.8 Å². The van der Waals surface area contributed by atoms with E-state index in [0.29, 0.717) is 6.54 Å². The number of nitrogens with zero attached hydrogens (tertiary/aromatic N) is 3. The van der Waals surface area contributed by atoms with Gasteiger partial charge in [0.15, 0.2) is 0 Å². The van der Waals surface area contributed by atoms with Crippen molar-refractivity contribution in [3.63, 3.8) is 0 Å². The largest absolute Gasteiger partial charge is 0.343 e. The lowest BCUT2D eigenvalue weighted by Crippen LogP contribution is -2.55. The molecule has 2 fully saturated rings. The Kier molecular flexibility index (Phi) is 7.70. The maximum atomic E-state index is 13.9. The molecule has 7 heteroatoms. The molecule has 0 bridgehead atoms. The van der Waals surface area contributed by atoms with Crippen LogP contribution in [0.25, 0.3) is 11.1 Å². The predicted octanol–water partition coefficient (Wildman–Crippen LogP) is 3.48. The van der Waals surface area contributed by atoms with Gasteiger partial charge in [0.1, 0.15) is 6.04 Å². The van der Waals surface area contributed by atoms with Crippen molar-refractivity contribution in [2.45, 2.75) is 70.0 Å². The van der Waals surface area contributed by atoms with E-state index in [9.17, 15) is 9.59 Å². The van der Waals surface area contributed by atoms with Crippen LogP contribution in [-0.4, -0.2) is 52.4 Å². The maximum Gasteiger partial charge on any atom is 0.245 e. The molecule has 33 heavy (non-hydrogen) atoms. The number of carbonyl (C=O) groups is 2. The average Bonchev–Trinajstić information content (AvgIpc) is 3.37. The van der Waals surface area contributed by atoms with Gasteiger partial charge in [-0.3, -0.25) is 19.6 Å². The van der Waals surface area contributed by atoms with Gasteiger partial charge in [0, 0.05) is 42.5 Å². The van der Waals surface area contributed by atoms with Crippen LogP contribution in [0, 0.1) is 5.92 Å². The molecule has 3 heterocycles. The van der Waals surface area contributed by atoms with E-state index < -0.39 is 6.04 Å². The molecule has 0 spiro atoms. The second-order valence-electron chi connectivity index (χ2n) is 9.33. The Balaban J connectivity index is 1.57. The fraction of sp³-hybridized carbons (Fsp3) is 0.538. The standard InChI is InChI=1S/C26H35N5O2/c1-18(27-2)25(32)30-24(19-8-4-3-5-9-19)26(33)31-13-7-11-23(31)22-14-21(16-29-17-22)20-10-6-12-28-15-20/h6,10,12,14-19,23-24,27H,3-5,7-9,11,13H2,1-2H3,(H,30,32). The average molecular weight is 450 g/mol. The first-order chi connectivity index (χ1) is 16.1. The molecule has 7 nitrogen and oxygen atoms in total. The Morgan fingerprint density at radius 2 is 1.82 bits per heavy atom. The zero-order chi connectivity index (χ0) is 23.2. The van der Waals surface area contributed by atoms with Crippen LogP contribution in [0.15, 0.2) is 43.0 Å². The molecule has 2 aromatic heterocycles. The van der Waals surface area contributed by atoms with E-state index in [0.717, 1.165) is 55.2 Å². The summed E-state index contributed by atoms with van der Waals surface area (Å²) in [6.07, 6.45) is 14.6. The van der Waals surface area contributed by atoms with Crippen molar-refractivity contribution in [3.8, 4) is 11.1 Å². The monoisotopic (exact) mass is 449 g/mol. The summed E-state index contributed by atoms with van der Waals surface area (Å²) in [6.45, 7) is 2.54. The van der Waals surface area contributed by atoms with Crippen LogP contribution in [0.5, 0.6) is 0 Å². The number of hydrogen-bond acceptors (Lipinski definition) is 5. The highest BCUT2D eigenvalue weighted by Gasteiger charge is 2.39. The summed E-state index contributed by atoms with van der Waals surface area (Å²) in [5.74, 6) is 0.130. The minimum Gasteiger partial charge on any atom is -0.343 e. The summed E-state index contributed by atoms with van der Waals surface area (Å²) >= 11 is 0. The number of hydrogen-bond donors (Lipinski definition) is 2. The van der Waals surface area contributed by atoms with Crippen LogP contribution in [0.2, 0.25) is 0 Å². The second kappa shape index (κ2) is 10.9. The molecule has 2 amide bonds. The van der Waals surface area contributed by atoms with Gasteiger partial charge >= 0.3 is 0 Å². The molecular weight excluding hydrogens is 414 g/mol. The highest BCUT2D eigenvalue weighted by atomic mass is 16.2. The third-order valence-corrected chi connectivity index (χ3v) is 7.19. The number of aromatic nitrogens is 2. The van der Waals surface area contributed by atoms with Crippen LogP contribution in [0.3, 0.4) is 0 Å². The number of nitrogens with one attached hydrogen (secondary N) is 2. The van der Waals surface area contributed by atoms with E-state index in [-0.39, 0.29) is 29.8 Å². The smallest absolute Gasteiger partial charge is 0.245 e. The fourth-order valence-electron chi connectivity index (χ4n) is 5.15. The molecule has 1 aliphatic heterocycles. The van der Waals surface area contributed by atoms with E-state index >= 15 is 0 Å². The summed E-state index contributed by atoms with van der Waals surface area (Å²) in [5, 5.41) is 6.09. The molecule has 0 aromatic carbocycles. The first-order valence-electron chi connectivity index (χ1n) is 12.2. The molecule has 1 aliphatic carbocycles. The Hall–Kier alpha value is -2.80. The number of amides is 2. The molecule has 3 atom stereocenters. The minimum atomic E-state index is -0.469. The van der Waals surface area contributed by atoms with Crippen LogP contribution in [-0.2, 0) is 9.59 Å². The zero-order valence-corrected chi connectivity index (χ0v) is 19.7. The summed E-state index contributed by atoms with van der Waals surface area (Å²) in [6, 6.07) is 5.23. The first-order valence-corrected chi connectivity index (χ1v) is 12.2. The van der Waals surface area contributed by atoms with E-state index in [1.54, 1.807) is 13.2 Å². The summed E-state index contributed by atoms with van der Waals surface area (Å²) in [5.41, 5.74) is 3.05. The van der Waals surface area contributed by atoms with Crippen molar-refractivity contribution in [1.82, 2.24) is 25.5 Å². The van der Waals surface area contributed by atoms with Gasteiger partial charge in [0.25, 0.3) is 0 Å². The van der Waals surface area contributed by atoms with Crippen molar-refractivity contribution in [1.29, 1.82) is 0 Å². The van der Waals surface area contributed by atoms with E-state index in [1.807, 2.05) is 42.5 Å². The molecule has 4 rings (SSSR count). The van der Waals surface area contributed by atoms with E-state index in [4.69, 9.17) is 0 Å². The number of rotatable bonds is 7. The quantitative estimate of drug-likeness (QED) is 0.676. The Labute approximate surface area is 196 Å². The van der Waals surface area contributed by atoms with Crippen molar-refractivity contribution in [2.24, 2.45) is 5.92 Å². The Morgan fingerprint density at radius 3 is 2.55 bits per heavy atom. The van der Waals surface area contributed by atoms with Gasteiger partial charge in [-0.1, -0.05) is 25.3 Å². The number of pyridine rings is 2. The normalized spacial score (nSPS) is 20.9. The fourth-order valence-corrected chi connectivity index (χ4v) is 5.15. The van der Waals surface area contributed by atoms with Crippen LogP contribution in [0.4, 0.5) is 0 Å². The third kappa shape index (κ3) is 5.41. The zero-order valence-electron chi connectivity index (χ0n) is 19.7. The van der Waals surface area contributed by atoms with Gasteiger partial charge in [-0.05, 0) is 63.3 Å². The molecule has 1 saturated carbocycles. The lowest BCUT2D eigenvalue weighted by atomic mass is 9.83. The van der Waals surface area contributed by atoms with Gasteiger partial charge in [-0.15, -0.1) is 0 Å². The van der Waals surface area contributed by atoms with Crippen molar-refractivity contribution < 1.29 is 9.59 Å². The Bertz CT molecular complexity index is 945. The van der Waals surface area contributed by atoms with Crippen molar-refractivity contribution >= 4 is 11.8 Å². The molecule has 1 saturated heterocycles. The predicted molar refractivity (Wildman–Crippen MR) is 128 cm³/mol. The molecule has 176 valence electrons. The number of carbonyl (C=O) groups excluding carboxylic acids is 2. The van der Waals surface area contributed by atoms with Crippen LogP contribution < -0.4 is 10.6 Å². The van der Waals surface area contributed by atoms with Crippen LogP contribution >= 0.6 is 0 Å². The minimum absolute atomic E-state index is 0.0219. The van der Waals surface area contributed by atoms with Crippen molar-refractivity contribution in [2.75, 3.05) is 13.6 Å². The second-order valence-corrected chi connectivity index (χ2v) is 9.33. The maximum absolute atomic E-state index is 13.9. The number of likely N-dealkylation sites (tertiary alicyclic amines) is 1. The molecule has 2 aromatic rings. The van der Waals surface area contributed by atoms with Gasteiger partial charge in [-0.25, -0.2) is 0 Å². The summed E-state index contributed by atoms with van der Waals surface area (Å²) < 4.78 is 0. The lowest BCUT2D eigenvalue weighted by Gasteiger charge is -2.35. The first kappa shape index (κ1) is 23.4.